The van der Waals surface area contributed by atoms with Crippen molar-refractivity contribution in [3.05, 3.63) is 68.7 Å². The van der Waals surface area contributed by atoms with E-state index in [4.69, 9.17) is 34.8 Å². The van der Waals surface area contributed by atoms with Gasteiger partial charge in [-0.05, 0) is 47.7 Å². The first-order chi connectivity index (χ1) is 14.2. The van der Waals surface area contributed by atoms with Gasteiger partial charge in [-0.15, -0.1) is 0 Å². The van der Waals surface area contributed by atoms with E-state index < -0.39 is 6.04 Å². The average Bonchev–Trinajstić information content (AvgIpc) is 2.70. The number of amides is 2. The first kappa shape index (κ1) is 24.5. The summed E-state index contributed by atoms with van der Waals surface area (Å²) in [6.07, 6.45) is 0.628. The summed E-state index contributed by atoms with van der Waals surface area (Å²) in [5.74, 6) is 0.0145. The van der Waals surface area contributed by atoms with Crippen LogP contribution in [-0.2, 0) is 22.6 Å². The van der Waals surface area contributed by atoms with Crippen LogP contribution in [0.2, 0.25) is 15.1 Å². The number of rotatable bonds is 9. The molecule has 0 saturated carbocycles. The van der Waals surface area contributed by atoms with Crippen molar-refractivity contribution in [2.75, 3.05) is 6.54 Å². The number of nitrogens with one attached hydrogen (secondary N) is 1. The minimum atomic E-state index is -0.574. The SMILES string of the molecule is CCC(C(=O)NCC(C)C)N(Cc1ccc(Cl)cc1)C(=O)Cc1ccc(Cl)c(Cl)c1. The lowest BCUT2D eigenvalue weighted by Crippen LogP contribution is -2.50. The summed E-state index contributed by atoms with van der Waals surface area (Å²) in [5, 5.41) is 4.40. The van der Waals surface area contributed by atoms with Gasteiger partial charge in [0.1, 0.15) is 6.04 Å². The van der Waals surface area contributed by atoms with Crippen LogP contribution in [0.4, 0.5) is 0 Å². The molecule has 2 amide bonds. The molecule has 0 aliphatic carbocycles. The summed E-state index contributed by atoms with van der Waals surface area (Å²) < 4.78 is 0. The minimum absolute atomic E-state index is 0.123. The predicted molar refractivity (Wildman–Crippen MR) is 124 cm³/mol. The number of carbonyl (C=O) groups excluding carboxylic acids is 2. The maximum atomic E-state index is 13.3. The molecule has 1 atom stereocenters. The molecule has 1 N–H and O–H groups in total. The minimum Gasteiger partial charge on any atom is -0.354 e. The Labute approximate surface area is 193 Å². The molecule has 30 heavy (non-hydrogen) atoms. The molecule has 0 saturated heterocycles. The second kappa shape index (κ2) is 11.6. The van der Waals surface area contributed by atoms with Gasteiger partial charge in [-0.25, -0.2) is 0 Å². The van der Waals surface area contributed by atoms with E-state index in [1.807, 2.05) is 32.9 Å². The van der Waals surface area contributed by atoms with E-state index in [1.54, 1.807) is 35.2 Å². The predicted octanol–water partition coefficient (Wildman–Crippen LogP) is 5.77. The summed E-state index contributed by atoms with van der Waals surface area (Å²) in [7, 11) is 0. The van der Waals surface area contributed by atoms with E-state index >= 15 is 0 Å². The van der Waals surface area contributed by atoms with Gasteiger partial charge >= 0.3 is 0 Å². The highest BCUT2D eigenvalue weighted by Crippen LogP contribution is 2.24. The summed E-state index contributed by atoms with van der Waals surface area (Å²) in [5.41, 5.74) is 1.64. The Hall–Kier alpha value is -1.75. The molecular formula is C23H27Cl3N2O2. The number of hydrogen-bond acceptors (Lipinski definition) is 2. The summed E-state index contributed by atoms with van der Waals surface area (Å²) >= 11 is 18.1. The maximum Gasteiger partial charge on any atom is 0.242 e. The van der Waals surface area contributed by atoms with Gasteiger partial charge in [-0.3, -0.25) is 9.59 Å². The van der Waals surface area contributed by atoms with Crippen molar-refractivity contribution in [2.45, 2.75) is 46.2 Å². The van der Waals surface area contributed by atoms with Gasteiger partial charge in [0, 0.05) is 18.1 Å². The Morgan fingerprint density at radius 3 is 2.17 bits per heavy atom. The molecular weight excluding hydrogens is 443 g/mol. The van der Waals surface area contributed by atoms with E-state index in [1.165, 1.54) is 0 Å². The Morgan fingerprint density at radius 1 is 0.967 bits per heavy atom. The van der Waals surface area contributed by atoms with Gasteiger partial charge in [-0.2, -0.15) is 0 Å². The van der Waals surface area contributed by atoms with Crippen molar-refractivity contribution in [3.8, 4) is 0 Å². The maximum absolute atomic E-state index is 13.3. The van der Waals surface area contributed by atoms with Crippen LogP contribution >= 0.6 is 34.8 Å². The lowest BCUT2D eigenvalue weighted by Gasteiger charge is -2.31. The molecule has 0 aliphatic heterocycles. The molecule has 0 radical (unpaired) electrons. The largest absolute Gasteiger partial charge is 0.354 e. The first-order valence-corrected chi connectivity index (χ1v) is 11.1. The third-order valence-electron chi connectivity index (χ3n) is 4.68. The molecule has 0 fully saturated rings. The molecule has 0 spiro atoms. The van der Waals surface area contributed by atoms with E-state index in [2.05, 4.69) is 5.32 Å². The highest BCUT2D eigenvalue weighted by atomic mass is 35.5. The third kappa shape index (κ3) is 7.19. The van der Waals surface area contributed by atoms with E-state index in [9.17, 15) is 9.59 Å². The fourth-order valence-electron chi connectivity index (χ4n) is 3.05. The number of benzene rings is 2. The lowest BCUT2D eigenvalue weighted by molar-refractivity contribution is -0.141. The van der Waals surface area contributed by atoms with Crippen molar-refractivity contribution in [3.63, 3.8) is 0 Å². The number of halogens is 3. The van der Waals surface area contributed by atoms with Crippen LogP contribution in [0.15, 0.2) is 42.5 Å². The second-order valence-corrected chi connectivity index (χ2v) is 8.89. The Morgan fingerprint density at radius 2 is 1.60 bits per heavy atom. The summed E-state index contributed by atoms with van der Waals surface area (Å²) in [4.78, 5) is 27.7. The number of carbonyl (C=O) groups is 2. The van der Waals surface area contributed by atoms with Crippen molar-refractivity contribution in [1.29, 1.82) is 0 Å². The molecule has 2 rings (SSSR count). The van der Waals surface area contributed by atoms with Gasteiger partial charge in [0.25, 0.3) is 0 Å². The van der Waals surface area contributed by atoms with Gasteiger partial charge in [0.2, 0.25) is 11.8 Å². The molecule has 2 aromatic rings. The highest BCUT2D eigenvalue weighted by molar-refractivity contribution is 6.42. The van der Waals surface area contributed by atoms with Crippen molar-refractivity contribution < 1.29 is 9.59 Å². The molecule has 162 valence electrons. The Balaban J connectivity index is 2.27. The van der Waals surface area contributed by atoms with E-state index in [0.29, 0.717) is 40.5 Å². The molecule has 2 aromatic carbocycles. The summed E-state index contributed by atoms with van der Waals surface area (Å²) in [6.45, 7) is 6.83. The summed E-state index contributed by atoms with van der Waals surface area (Å²) in [6, 6.07) is 11.8. The fraction of sp³-hybridized carbons (Fsp3) is 0.391. The van der Waals surface area contributed by atoms with Gasteiger partial charge < -0.3 is 10.2 Å². The Bertz CT molecular complexity index is 869. The zero-order valence-electron chi connectivity index (χ0n) is 17.4. The molecule has 0 heterocycles. The fourth-order valence-corrected chi connectivity index (χ4v) is 3.50. The molecule has 7 heteroatoms. The van der Waals surface area contributed by atoms with Crippen LogP contribution in [-0.4, -0.2) is 29.3 Å². The van der Waals surface area contributed by atoms with Crippen LogP contribution < -0.4 is 5.32 Å². The van der Waals surface area contributed by atoms with E-state index in [0.717, 1.165) is 11.1 Å². The van der Waals surface area contributed by atoms with Gasteiger partial charge in [0.05, 0.1) is 16.5 Å². The van der Waals surface area contributed by atoms with Crippen LogP contribution in [0.1, 0.15) is 38.3 Å². The topological polar surface area (TPSA) is 49.4 Å². The monoisotopic (exact) mass is 468 g/mol. The number of nitrogens with zero attached hydrogens (tertiary/aromatic N) is 1. The smallest absolute Gasteiger partial charge is 0.242 e. The molecule has 0 aromatic heterocycles. The van der Waals surface area contributed by atoms with Crippen LogP contribution in [0.25, 0.3) is 0 Å². The van der Waals surface area contributed by atoms with Crippen molar-refractivity contribution in [1.82, 2.24) is 10.2 Å². The zero-order valence-corrected chi connectivity index (χ0v) is 19.7. The van der Waals surface area contributed by atoms with Crippen molar-refractivity contribution >= 4 is 46.6 Å². The number of hydrogen-bond donors (Lipinski definition) is 1. The standard InChI is InChI=1S/C23H27Cl3N2O2/c1-4-21(23(30)27-13-15(2)3)28(14-16-5-8-18(24)9-6-16)22(29)12-17-7-10-19(25)20(26)11-17/h5-11,15,21H,4,12-14H2,1-3H3,(H,27,30). The quantitative estimate of drug-likeness (QED) is 0.507. The molecule has 0 aliphatic rings. The van der Waals surface area contributed by atoms with Gasteiger partial charge in [0.15, 0.2) is 0 Å². The van der Waals surface area contributed by atoms with Crippen molar-refractivity contribution in [2.24, 2.45) is 5.92 Å². The molecule has 1 unspecified atom stereocenters. The van der Waals surface area contributed by atoms with Crippen LogP contribution in [0.3, 0.4) is 0 Å². The second-order valence-electron chi connectivity index (χ2n) is 7.64. The normalized spacial score (nSPS) is 12.0. The third-order valence-corrected chi connectivity index (χ3v) is 5.67. The van der Waals surface area contributed by atoms with Crippen LogP contribution in [0, 0.1) is 5.92 Å². The zero-order chi connectivity index (χ0) is 22.3. The molecule has 0 bridgehead atoms. The average molecular weight is 470 g/mol. The highest BCUT2D eigenvalue weighted by Gasteiger charge is 2.28. The molecule has 4 nitrogen and oxygen atoms in total. The van der Waals surface area contributed by atoms with Gasteiger partial charge in [-0.1, -0.05) is 73.8 Å². The van der Waals surface area contributed by atoms with Crippen LogP contribution in [0.5, 0.6) is 0 Å². The first-order valence-electron chi connectivity index (χ1n) is 9.96. The van der Waals surface area contributed by atoms with E-state index in [-0.39, 0.29) is 18.2 Å². The lowest BCUT2D eigenvalue weighted by atomic mass is 10.1. The Kier molecular flexibility index (Phi) is 9.47.